The maximum absolute atomic E-state index is 13.1. The summed E-state index contributed by atoms with van der Waals surface area (Å²) in [5.74, 6) is 0.564. The van der Waals surface area contributed by atoms with Crippen LogP contribution in [-0.2, 0) is 6.42 Å². The number of unbranched alkanes of at least 4 members (excludes halogenated alkanes) is 3. The first kappa shape index (κ1) is 12.0. The zero-order valence-corrected chi connectivity index (χ0v) is 9.77. The number of aryl methyl sites for hydroxylation is 1. The fourth-order valence-electron chi connectivity index (χ4n) is 1.86. The van der Waals surface area contributed by atoms with Crippen molar-refractivity contribution in [2.45, 2.75) is 32.1 Å². The molecule has 0 bridgehead atoms. The fourth-order valence-corrected chi connectivity index (χ4v) is 1.86. The first-order valence-corrected chi connectivity index (χ1v) is 6.00. The molecule has 0 spiro atoms. The van der Waals surface area contributed by atoms with Crippen LogP contribution < -0.4 is 5.73 Å². The topological polar surface area (TPSA) is 56.2 Å². The maximum Gasteiger partial charge on any atom is 0.160 e. The molecule has 17 heavy (non-hydrogen) atoms. The highest BCUT2D eigenvalue weighted by Crippen LogP contribution is 2.09. The largest absolute Gasteiger partial charge is 0.330 e. The lowest BCUT2D eigenvalue weighted by molar-refractivity contribution is 0.611. The first-order chi connectivity index (χ1) is 8.31. The van der Waals surface area contributed by atoms with Crippen molar-refractivity contribution < 1.29 is 4.39 Å². The van der Waals surface area contributed by atoms with Gasteiger partial charge in [-0.15, -0.1) is 10.2 Å². The summed E-state index contributed by atoms with van der Waals surface area (Å²) in [6, 6.07) is 3.04. The number of hydrogen-bond acceptors (Lipinski definition) is 3. The van der Waals surface area contributed by atoms with Gasteiger partial charge in [-0.3, -0.25) is 4.40 Å². The van der Waals surface area contributed by atoms with E-state index in [-0.39, 0.29) is 5.82 Å². The van der Waals surface area contributed by atoms with Crippen molar-refractivity contribution in [3.8, 4) is 0 Å². The van der Waals surface area contributed by atoms with Crippen molar-refractivity contribution in [1.29, 1.82) is 0 Å². The Labute approximate surface area is 99.7 Å². The number of nitrogens with zero attached hydrogens (tertiary/aromatic N) is 3. The molecule has 0 saturated heterocycles. The molecule has 2 heterocycles. The fraction of sp³-hybridized carbons (Fsp3) is 0.500. The minimum atomic E-state index is -0.262. The van der Waals surface area contributed by atoms with E-state index in [4.69, 9.17) is 5.73 Å². The lowest BCUT2D eigenvalue weighted by Gasteiger charge is -2.00. The molecule has 2 aromatic heterocycles. The van der Waals surface area contributed by atoms with Crippen LogP contribution in [0.15, 0.2) is 18.3 Å². The van der Waals surface area contributed by atoms with Gasteiger partial charge in [0.25, 0.3) is 0 Å². The number of hydrogen-bond donors (Lipinski definition) is 1. The normalized spacial score (nSPS) is 11.2. The van der Waals surface area contributed by atoms with Gasteiger partial charge < -0.3 is 5.73 Å². The van der Waals surface area contributed by atoms with E-state index in [2.05, 4.69) is 10.2 Å². The quantitative estimate of drug-likeness (QED) is 0.780. The Morgan fingerprint density at radius 1 is 1.12 bits per heavy atom. The summed E-state index contributed by atoms with van der Waals surface area (Å²) in [5.41, 5.74) is 6.13. The molecule has 0 fully saturated rings. The van der Waals surface area contributed by atoms with E-state index < -0.39 is 0 Å². The lowest BCUT2D eigenvalue weighted by atomic mass is 10.1. The summed E-state index contributed by atoms with van der Waals surface area (Å²) < 4.78 is 14.8. The van der Waals surface area contributed by atoms with Gasteiger partial charge in [-0.05, 0) is 31.5 Å². The molecule has 92 valence electrons. The van der Waals surface area contributed by atoms with E-state index in [1.807, 2.05) is 0 Å². The highest BCUT2D eigenvalue weighted by Gasteiger charge is 2.05. The molecule has 0 radical (unpaired) electrons. The molecule has 2 N–H and O–H groups in total. The average Bonchev–Trinajstić information content (AvgIpc) is 2.72. The van der Waals surface area contributed by atoms with E-state index in [9.17, 15) is 4.39 Å². The third kappa shape index (κ3) is 3.00. The van der Waals surface area contributed by atoms with E-state index >= 15 is 0 Å². The van der Waals surface area contributed by atoms with Crippen LogP contribution in [0.25, 0.3) is 5.65 Å². The van der Waals surface area contributed by atoms with Crippen LogP contribution in [0.1, 0.15) is 31.5 Å². The van der Waals surface area contributed by atoms with E-state index in [0.717, 1.165) is 44.5 Å². The Morgan fingerprint density at radius 3 is 2.76 bits per heavy atom. The molecule has 2 rings (SSSR count). The van der Waals surface area contributed by atoms with Crippen molar-refractivity contribution in [2.75, 3.05) is 6.54 Å². The zero-order valence-electron chi connectivity index (χ0n) is 9.77. The first-order valence-electron chi connectivity index (χ1n) is 6.00. The number of nitrogens with two attached hydrogens (primary N) is 1. The molecule has 0 unspecified atom stereocenters. The third-order valence-electron chi connectivity index (χ3n) is 2.79. The third-order valence-corrected chi connectivity index (χ3v) is 2.79. The molecule has 5 heteroatoms. The molecular formula is C12H17FN4. The van der Waals surface area contributed by atoms with Crippen molar-refractivity contribution in [1.82, 2.24) is 14.6 Å². The smallest absolute Gasteiger partial charge is 0.160 e. The van der Waals surface area contributed by atoms with E-state index in [0.29, 0.717) is 5.65 Å². The maximum atomic E-state index is 13.1. The summed E-state index contributed by atoms with van der Waals surface area (Å²) in [6.45, 7) is 0.749. The van der Waals surface area contributed by atoms with Gasteiger partial charge in [0.1, 0.15) is 11.6 Å². The van der Waals surface area contributed by atoms with E-state index in [1.165, 1.54) is 12.3 Å². The molecule has 0 aliphatic rings. The second-order valence-corrected chi connectivity index (χ2v) is 4.14. The minimum absolute atomic E-state index is 0.262. The molecule has 0 amide bonds. The molecule has 0 saturated carbocycles. The van der Waals surface area contributed by atoms with Gasteiger partial charge in [0.05, 0.1) is 0 Å². The van der Waals surface area contributed by atoms with Gasteiger partial charge in [0.15, 0.2) is 5.65 Å². The standard InChI is InChI=1S/C12H17FN4/c13-10-6-7-12-16-15-11(17(12)9-10)5-3-1-2-4-8-14/h6-7,9H,1-5,8,14H2. The van der Waals surface area contributed by atoms with Crippen LogP contribution in [-0.4, -0.2) is 21.1 Å². The van der Waals surface area contributed by atoms with Gasteiger partial charge in [-0.25, -0.2) is 4.39 Å². The Bertz CT molecular complexity index is 480. The van der Waals surface area contributed by atoms with Crippen LogP contribution in [0.4, 0.5) is 4.39 Å². The summed E-state index contributed by atoms with van der Waals surface area (Å²) in [4.78, 5) is 0. The molecule has 0 aromatic carbocycles. The Morgan fingerprint density at radius 2 is 1.94 bits per heavy atom. The number of rotatable bonds is 6. The average molecular weight is 236 g/mol. The molecule has 4 nitrogen and oxygen atoms in total. The molecular weight excluding hydrogens is 219 g/mol. The van der Waals surface area contributed by atoms with Crippen molar-refractivity contribution in [3.05, 3.63) is 30.0 Å². The predicted octanol–water partition coefficient (Wildman–Crippen LogP) is 1.93. The van der Waals surface area contributed by atoms with Gasteiger partial charge in [-0.2, -0.15) is 0 Å². The van der Waals surface area contributed by atoms with Gasteiger partial charge in [0, 0.05) is 12.6 Å². The molecule has 2 aromatic rings. The molecule has 0 aliphatic carbocycles. The number of aromatic nitrogens is 3. The number of fused-ring (bicyclic) bond motifs is 1. The highest BCUT2D eigenvalue weighted by molar-refractivity contribution is 5.37. The Kier molecular flexibility index (Phi) is 4.03. The second kappa shape index (κ2) is 5.72. The zero-order chi connectivity index (χ0) is 12.1. The van der Waals surface area contributed by atoms with Crippen molar-refractivity contribution in [3.63, 3.8) is 0 Å². The monoisotopic (exact) mass is 236 g/mol. The Hall–Kier alpha value is -1.49. The lowest BCUT2D eigenvalue weighted by Crippen LogP contribution is -1.99. The van der Waals surface area contributed by atoms with Crippen molar-refractivity contribution >= 4 is 5.65 Å². The summed E-state index contributed by atoms with van der Waals surface area (Å²) in [6.07, 6.45) is 6.63. The summed E-state index contributed by atoms with van der Waals surface area (Å²) >= 11 is 0. The Balaban J connectivity index is 1.96. The van der Waals surface area contributed by atoms with Crippen LogP contribution in [0.5, 0.6) is 0 Å². The van der Waals surface area contributed by atoms with E-state index in [1.54, 1.807) is 10.5 Å². The van der Waals surface area contributed by atoms with Gasteiger partial charge in [0.2, 0.25) is 0 Å². The number of pyridine rings is 1. The summed E-state index contributed by atoms with van der Waals surface area (Å²) in [7, 11) is 0. The highest BCUT2D eigenvalue weighted by atomic mass is 19.1. The second-order valence-electron chi connectivity index (χ2n) is 4.14. The van der Waals surface area contributed by atoms with Crippen LogP contribution >= 0.6 is 0 Å². The van der Waals surface area contributed by atoms with Gasteiger partial charge >= 0.3 is 0 Å². The minimum Gasteiger partial charge on any atom is -0.330 e. The number of halogens is 1. The van der Waals surface area contributed by atoms with Crippen LogP contribution in [0.2, 0.25) is 0 Å². The van der Waals surface area contributed by atoms with Crippen molar-refractivity contribution in [2.24, 2.45) is 5.73 Å². The molecule has 0 atom stereocenters. The summed E-state index contributed by atoms with van der Waals surface area (Å²) in [5, 5.41) is 8.08. The molecule has 0 aliphatic heterocycles. The van der Waals surface area contributed by atoms with Crippen LogP contribution in [0, 0.1) is 5.82 Å². The SMILES string of the molecule is NCCCCCCc1nnc2ccc(F)cn12. The van der Waals surface area contributed by atoms with Gasteiger partial charge in [-0.1, -0.05) is 12.8 Å². The van der Waals surface area contributed by atoms with Crippen LogP contribution in [0.3, 0.4) is 0 Å². The predicted molar refractivity (Wildman–Crippen MR) is 64.2 cm³/mol.